The van der Waals surface area contributed by atoms with Crippen molar-refractivity contribution in [1.29, 1.82) is 5.26 Å². The molecule has 142 valence electrons. The van der Waals surface area contributed by atoms with E-state index in [1.807, 2.05) is 49.3 Å². The number of aromatic nitrogens is 2. The molecule has 1 fully saturated rings. The van der Waals surface area contributed by atoms with E-state index in [-0.39, 0.29) is 0 Å². The molecule has 0 atom stereocenters. The summed E-state index contributed by atoms with van der Waals surface area (Å²) in [6, 6.07) is 12.4. The van der Waals surface area contributed by atoms with E-state index in [0.717, 1.165) is 48.8 Å². The van der Waals surface area contributed by atoms with Crippen LogP contribution in [0.5, 0.6) is 0 Å². The van der Waals surface area contributed by atoms with Gasteiger partial charge in [-0.25, -0.2) is 4.98 Å². The summed E-state index contributed by atoms with van der Waals surface area (Å²) in [5, 5.41) is 16.2. The van der Waals surface area contributed by atoms with Crippen LogP contribution < -0.4 is 15.5 Å². The number of benzene rings is 1. The Bertz CT molecular complexity index is 774. The fourth-order valence-corrected chi connectivity index (χ4v) is 3.56. The van der Waals surface area contributed by atoms with Gasteiger partial charge in [0.2, 0.25) is 5.95 Å². The quantitative estimate of drug-likeness (QED) is 0.786. The van der Waals surface area contributed by atoms with Gasteiger partial charge in [0, 0.05) is 32.9 Å². The van der Waals surface area contributed by atoms with Gasteiger partial charge in [0.05, 0.1) is 11.6 Å². The van der Waals surface area contributed by atoms with E-state index in [1.165, 1.54) is 12.8 Å². The number of rotatable bonds is 7. The van der Waals surface area contributed by atoms with Crippen molar-refractivity contribution in [3.05, 3.63) is 47.7 Å². The minimum absolute atomic E-state index is 0.443. The van der Waals surface area contributed by atoms with Crippen molar-refractivity contribution >= 4 is 11.8 Å². The van der Waals surface area contributed by atoms with Gasteiger partial charge < -0.3 is 15.5 Å². The number of nitrogens with one attached hydrogen (secondary N) is 2. The van der Waals surface area contributed by atoms with Gasteiger partial charge in [-0.3, -0.25) is 0 Å². The molecular weight excluding hydrogens is 336 g/mol. The average molecular weight is 364 g/mol. The first-order valence-corrected chi connectivity index (χ1v) is 9.61. The second-order valence-electron chi connectivity index (χ2n) is 7.39. The van der Waals surface area contributed by atoms with Gasteiger partial charge in [0.15, 0.2) is 0 Å². The van der Waals surface area contributed by atoms with Crippen LogP contribution in [0.25, 0.3) is 0 Å². The van der Waals surface area contributed by atoms with E-state index >= 15 is 0 Å². The van der Waals surface area contributed by atoms with Crippen LogP contribution in [0.4, 0.5) is 11.8 Å². The average Bonchev–Trinajstić information content (AvgIpc) is 2.70. The van der Waals surface area contributed by atoms with Crippen LogP contribution in [0.15, 0.2) is 36.5 Å². The lowest BCUT2D eigenvalue weighted by Crippen LogP contribution is -2.31. The SMILES string of the molecule is CN(C)c1ccnc(NC2CCC(CNCc3ccccc3C#N)CC2)n1. The third-order valence-corrected chi connectivity index (χ3v) is 5.17. The predicted molar refractivity (Wildman–Crippen MR) is 109 cm³/mol. The molecule has 0 unspecified atom stereocenters. The molecule has 27 heavy (non-hydrogen) atoms. The summed E-state index contributed by atoms with van der Waals surface area (Å²) < 4.78 is 0. The van der Waals surface area contributed by atoms with Crippen molar-refractivity contribution in [3.8, 4) is 6.07 Å². The van der Waals surface area contributed by atoms with E-state index in [4.69, 9.17) is 5.26 Å². The minimum atomic E-state index is 0.443. The number of nitriles is 1. The van der Waals surface area contributed by atoms with Gasteiger partial charge in [-0.05, 0) is 55.8 Å². The molecule has 1 aliphatic rings. The van der Waals surface area contributed by atoms with E-state index < -0.39 is 0 Å². The predicted octanol–water partition coefficient (Wildman–Crippen LogP) is 3.17. The summed E-state index contributed by atoms with van der Waals surface area (Å²) >= 11 is 0. The number of nitrogens with zero attached hydrogens (tertiary/aromatic N) is 4. The monoisotopic (exact) mass is 364 g/mol. The van der Waals surface area contributed by atoms with Crippen LogP contribution >= 0.6 is 0 Å². The third kappa shape index (κ3) is 5.41. The van der Waals surface area contributed by atoms with Crippen LogP contribution in [0.3, 0.4) is 0 Å². The third-order valence-electron chi connectivity index (χ3n) is 5.17. The lowest BCUT2D eigenvalue weighted by molar-refractivity contribution is 0.323. The summed E-state index contributed by atoms with van der Waals surface area (Å²) in [6.07, 6.45) is 6.46. The van der Waals surface area contributed by atoms with Crippen LogP contribution in [0.2, 0.25) is 0 Å². The molecule has 0 bridgehead atoms. The molecule has 0 spiro atoms. The maximum atomic E-state index is 9.17. The fourth-order valence-electron chi connectivity index (χ4n) is 3.56. The van der Waals surface area contributed by atoms with Gasteiger partial charge in [0.25, 0.3) is 0 Å². The molecule has 6 nitrogen and oxygen atoms in total. The lowest BCUT2D eigenvalue weighted by atomic mass is 9.86. The first-order chi connectivity index (χ1) is 13.2. The summed E-state index contributed by atoms with van der Waals surface area (Å²) in [5.74, 6) is 2.32. The summed E-state index contributed by atoms with van der Waals surface area (Å²) in [7, 11) is 3.97. The fraction of sp³-hybridized carbons (Fsp3) is 0.476. The van der Waals surface area contributed by atoms with Gasteiger partial charge in [-0.1, -0.05) is 18.2 Å². The van der Waals surface area contributed by atoms with Gasteiger partial charge in [0.1, 0.15) is 5.82 Å². The van der Waals surface area contributed by atoms with Crippen LogP contribution in [-0.2, 0) is 6.54 Å². The number of hydrogen-bond acceptors (Lipinski definition) is 6. The molecule has 1 aromatic heterocycles. The van der Waals surface area contributed by atoms with E-state index in [1.54, 1.807) is 6.20 Å². The number of anilines is 2. The highest BCUT2D eigenvalue weighted by atomic mass is 15.2. The van der Waals surface area contributed by atoms with Crippen LogP contribution in [-0.4, -0.2) is 36.6 Å². The number of hydrogen-bond donors (Lipinski definition) is 2. The second kappa shape index (κ2) is 9.33. The smallest absolute Gasteiger partial charge is 0.224 e. The van der Waals surface area contributed by atoms with Crippen molar-refractivity contribution < 1.29 is 0 Å². The topological polar surface area (TPSA) is 76.9 Å². The molecule has 3 rings (SSSR count). The largest absolute Gasteiger partial charge is 0.363 e. The molecule has 1 aliphatic carbocycles. The molecule has 2 aromatic rings. The zero-order chi connectivity index (χ0) is 19.1. The van der Waals surface area contributed by atoms with E-state index in [0.29, 0.717) is 12.0 Å². The van der Waals surface area contributed by atoms with E-state index in [9.17, 15) is 0 Å². The molecule has 0 aliphatic heterocycles. The van der Waals surface area contributed by atoms with Crippen LogP contribution in [0.1, 0.15) is 36.8 Å². The Morgan fingerprint density at radius 2 is 1.93 bits per heavy atom. The van der Waals surface area contributed by atoms with Crippen molar-refractivity contribution in [2.75, 3.05) is 30.9 Å². The van der Waals surface area contributed by atoms with Crippen molar-refractivity contribution in [2.24, 2.45) is 5.92 Å². The lowest BCUT2D eigenvalue weighted by Gasteiger charge is -2.29. The Hall–Kier alpha value is -2.65. The molecule has 0 amide bonds. The van der Waals surface area contributed by atoms with Crippen molar-refractivity contribution in [1.82, 2.24) is 15.3 Å². The van der Waals surface area contributed by atoms with Crippen molar-refractivity contribution in [2.45, 2.75) is 38.3 Å². The van der Waals surface area contributed by atoms with Gasteiger partial charge in [-0.15, -0.1) is 0 Å². The molecule has 1 saturated carbocycles. The Morgan fingerprint density at radius 1 is 1.15 bits per heavy atom. The van der Waals surface area contributed by atoms with Gasteiger partial charge >= 0.3 is 0 Å². The Labute approximate surface area is 161 Å². The maximum Gasteiger partial charge on any atom is 0.224 e. The Morgan fingerprint density at radius 3 is 2.67 bits per heavy atom. The molecule has 1 heterocycles. The highest BCUT2D eigenvalue weighted by Crippen LogP contribution is 2.26. The molecule has 0 saturated heterocycles. The van der Waals surface area contributed by atoms with Gasteiger partial charge in [-0.2, -0.15) is 10.2 Å². The standard InChI is InChI=1S/C21H28N6/c1-27(2)20-11-12-24-21(26-20)25-19-9-7-16(8-10-19)14-23-15-18-6-4-3-5-17(18)13-22/h3-6,11-12,16,19,23H,7-10,14-15H2,1-2H3,(H,24,25,26). The second-order valence-corrected chi connectivity index (χ2v) is 7.39. The first-order valence-electron chi connectivity index (χ1n) is 9.61. The highest BCUT2D eigenvalue weighted by molar-refractivity contribution is 5.41. The van der Waals surface area contributed by atoms with E-state index in [2.05, 4.69) is 26.7 Å². The first kappa shape index (κ1) is 19.1. The molecular formula is C21H28N6. The normalized spacial score (nSPS) is 19.3. The Kier molecular flexibility index (Phi) is 6.61. The maximum absolute atomic E-state index is 9.17. The minimum Gasteiger partial charge on any atom is -0.363 e. The molecule has 0 radical (unpaired) electrons. The Balaban J connectivity index is 1.41. The van der Waals surface area contributed by atoms with Crippen molar-refractivity contribution in [3.63, 3.8) is 0 Å². The highest BCUT2D eigenvalue weighted by Gasteiger charge is 2.21. The summed E-state index contributed by atoms with van der Waals surface area (Å²) in [5.41, 5.74) is 1.84. The zero-order valence-electron chi connectivity index (χ0n) is 16.2. The molecule has 6 heteroatoms. The molecule has 2 N–H and O–H groups in total. The van der Waals surface area contributed by atoms with Crippen LogP contribution in [0, 0.1) is 17.2 Å². The summed E-state index contributed by atoms with van der Waals surface area (Å²) in [4.78, 5) is 10.9. The summed E-state index contributed by atoms with van der Waals surface area (Å²) in [6.45, 7) is 1.76. The zero-order valence-corrected chi connectivity index (χ0v) is 16.2. The molecule has 1 aromatic carbocycles.